The van der Waals surface area contributed by atoms with E-state index < -0.39 is 28.4 Å². The van der Waals surface area contributed by atoms with Gasteiger partial charge < -0.3 is 0 Å². The second kappa shape index (κ2) is 7.21. The molecule has 2 atom stereocenters. The van der Waals surface area contributed by atoms with Gasteiger partial charge in [0, 0.05) is 18.6 Å². The van der Waals surface area contributed by atoms with Crippen LogP contribution in [0.2, 0.25) is 0 Å². The molecule has 10 heteroatoms. The summed E-state index contributed by atoms with van der Waals surface area (Å²) >= 11 is 0. The molecule has 0 spiro atoms. The van der Waals surface area contributed by atoms with Crippen LogP contribution in [0.4, 0.5) is 0 Å². The quantitative estimate of drug-likeness (QED) is 0.756. The molecule has 3 rings (SSSR count). The van der Waals surface area contributed by atoms with E-state index in [4.69, 9.17) is 0 Å². The van der Waals surface area contributed by atoms with Gasteiger partial charge in [-0.25, -0.2) is 16.8 Å². The zero-order chi connectivity index (χ0) is 18.2. The first kappa shape index (κ1) is 19.2. The Morgan fingerprint density at radius 3 is 1.88 bits per heavy atom. The molecular weight excluding hydrogens is 381 g/mol. The van der Waals surface area contributed by atoms with Gasteiger partial charge in [0.05, 0.1) is 12.5 Å². The third-order valence-corrected chi connectivity index (χ3v) is 11.0. The summed E-state index contributed by atoms with van der Waals surface area (Å²) in [5, 5.41) is 3.23. The molecule has 7 nitrogen and oxygen atoms in total. The van der Waals surface area contributed by atoms with E-state index in [1.54, 1.807) is 0 Å². The Balaban J connectivity index is 1.96. The minimum Gasteiger partial charge on any atom is -0.265 e. The number of benzene rings is 1. The number of hydrogen-bond donors (Lipinski definition) is 1. The van der Waals surface area contributed by atoms with Crippen molar-refractivity contribution in [1.29, 1.82) is 0 Å². The standard InChI is InChI=1S/C15H24N3O4PS2/c1-24(19,20)17-14-10-6-7-11-15(14)18(25(2,21)22)23(17)16-12-13-8-4-3-5-9-13/h3-5,8-9,14-16H,6-7,10-12H2,1-2H3/t14-,15-/m1/s1. The van der Waals surface area contributed by atoms with Gasteiger partial charge in [0.1, 0.15) is 8.37 Å². The average molecular weight is 405 g/mol. The summed E-state index contributed by atoms with van der Waals surface area (Å²) in [7, 11) is -8.73. The SMILES string of the molecule is CS(=O)(=O)N1[C@@H]2CCCC[C@H]2N(S(C)(=O)=O)P1NCc1ccccc1. The molecule has 2 aliphatic rings. The first-order chi connectivity index (χ1) is 11.7. The normalized spacial score (nSPS) is 26.6. The molecule has 1 aromatic carbocycles. The fourth-order valence-electron chi connectivity index (χ4n) is 3.64. The van der Waals surface area contributed by atoms with Gasteiger partial charge in [0.15, 0.2) is 0 Å². The summed E-state index contributed by atoms with van der Waals surface area (Å²) < 4.78 is 52.7. The zero-order valence-corrected chi connectivity index (χ0v) is 16.9. The molecule has 2 fully saturated rings. The highest BCUT2D eigenvalue weighted by atomic mass is 32.2. The van der Waals surface area contributed by atoms with Gasteiger partial charge >= 0.3 is 0 Å². The summed E-state index contributed by atoms with van der Waals surface area (Å²) in [6, 6.07) is 9.04. The van der Waals surface area contributed by atoms with E-state index in [9.17, 15) is 16.8 Å². The minimum absolute atomic E-state index is 0.271. The monoisotopic (exact) mass is 405 g/mol. The topological polar surface area (TPSA) is 86.8 Å². The van der Waals surface area contributed by atoms with Crippen LogP contribution >= 0.6 is 8.37 Å². The molecule has 0 bridgehead atoms. The van der Waals surface area contributed by atoms with Gasteiger partial charge in [-0.1, -0.05) is 43.2 Å². The molecule has 1 aliphatic heterocycles. The Labute approximate surface area is 151 Å². The molecule has 0 aromatic heterocycles. The maximum absolute atomic E-state index is 12.5. The van der Waals surface area contributed by atoms with Crippen molar-refractivity contribution in [1.82, 2.24) is 13.2 Å². The molecule has 1 aliphatic carbocycles. The van der Waals surface area contributed by atoms with E-state index >= 15 is 0 Å². The maximum Gasteiger partial charge on any atom is 0.216 e. The zero-order valence-electron chi connectivity index (χ0n) is 14.4. The van der Waals surface area contributed by atoms with Crippen LogP contribution < -0.4 is 5.09 Å². The van der Waals surface area contributed by atoms with Crippen LogP contribution in [-0.4, -0.2) is 49.6 Å². The van der Waals surface area contributed by atoms with Crippen molar-refractivity contribution in [2.24, 2.45) is 0 Å². The first-order valence-corrected chi connectivity index (χ1v) is 13.2. The van der Waals surface area contributed by atoms with Crippen molar-refractivity contribution in [2.45, 2.75) is 44.3 Å². The molecule has 1 heterocycles. The van der Waals surface area contributed by atoms with Crippen LogP contribution in [0.1, 0.15) is 31.2 Å². The van der Waals surface area contributed by atoms with Crippen molar-refractivity contribution in [3.8, 4) is 0 Å². The molecule has 25 heavy (non-hydrogen) atoms. The van der Waals surface area contributed by atoms with E-state index in [2.05, 4.69) is 5.09 Å². The highest BCUT2D eigenvalue weighted by Crippen LogP contribution is 2.57. The summed E-state index contributed by atoms with van der Waals surface area (Å²) in [5.41, 5.74) is 0.988. The fraction of sp³-hybridized carbons (Fsp3) is 0.600. The number of fused-ring (bicyclic) bond motifs is 1. The molecule has 0 unspecified atom stereocenters. The number of sulfonamides is 2. The van der Waals surface area contributed by atoms with Crippen molar-refractivity contribution in [2.75, 3.05) is 12.5 Å². The van der Waals surface area contributed by atoms with Crippen LogP contribution in [0.3, 0.4) is 0 Å². The number of rotatable bonds is 5. The molecule has 0 radical (unpaired) electrons. The smallest absolute Gasteiger partial charge is 0.216 e. The van der Waals surface area contributed by atoms with Crippen molar-refractivity contribution in [3.63, 3.8) is 0 Å². The Morgan fingerprint density at radius 1 is 0.960 bits per heavy atom. The highest BCUT2D eigenvalue weighted by Gasteiger charge is 2.55. The Kier molecular flexibility index (Phi) is 5.54. The lowest BCUT2D eigenvalue weighted by Gasteiger charge is -2.29. The summed E-state index contributed by atoms with van der Waals surface area (Å²) in [4.78, 5) is 0. The lowest BCUT2D eigenvalue weighted by Crippen LogP contribution is -2.42. The lowest BCUT2D eigenvalue weighted by atomic mass is 9.92. The molecule has 1 saturated heterocycles. The van der Waals surface area contributed by atoms with Crippen LogP contribution in [0.25, 0.3) is 0 Å². The number of nitrogens with zero attached hydrogens (tertiary/aromatic N) is 2. The third kappa shape index (κ3) is 4.07. The average Bonchev–Trinajstić information content (AvgIpc) is 2.88. The maximum atomic E-state index is 12.5. The Morgan fingerprint density at radius 2 is 1.44 bits per heavy atom. The van der Waals surface area contributed by atoms with Crippen molar-refractivity contribution < 1.29 is 16.8 Å². The van der Waals surface area contributed by atoms with Gasteiger partial charge in [-0.2, -0.15) is 0 Å². The second-order valence-electron chi connectivity index (χ2n) is 6.60. The van der Waals surface area contributed by atoms with Gasteiger partial charge in [-0.3, -0.25) is 5.09 Å². The van der Waals surface area contributed by atoms with Crippen molar-refractivity contribution in [3.05, 3.63) is 35.9 Å². The van der Waals surface area contributed by atoms with E-state index in [-0.39, 0.29) is 12.1 Å². The van der Waals surface area contributed by atoms with Gasteiger partial charge in [-0.05, 0) is 18.4 Å². The van der Waals surface area contributed by atoms with Gasteiger partial charge in [0.25, 0.3) is 0 Å². The Hall–Kier alpha value is -0.570. The molecular formula is C15H24N3O4PS2. The van der Waals surface area contributed by atoms with Crippen LogP contribution in [0, 0.1) is 0 Å². The predicted molar refractivity (Wildman–Crippen MR) is 99.6 cm³/mol. The van der Waals surface area contributed by atoms with Crippen LogP contribution in [-0.2, 0) is 26.6 Å². The second-order valence-corrected chi connectivity index (χ2v) is 12.6. The first-order valence-electron chi connectivity index (χ1n) is 8.26. The predicted octanol–water partition coefficient (Wildman–Crippen LogP) is 1.85. The molecule has 1 saturated carbocycles. The van der Waals surface area contributed by atoms with E-state index in [1.165, 1.54) is 20.7 Å². The van der Waals surface area contributed by atoms with E-state index in [0.29, 0.717) is 19.4 Å². The summed E-state index contributed by atoms with van der Waals surface area (Å²) in [6.45, 7) is 0.421. The number of nitrogens with one attached hydrogen (secondary N) is 1. The van der Waals surface area contributed by atoms with Crippen LogP contribution in [0.5, 0.6) is 0 Å². The number of hydrogen-bond acceptors (Lipinski definition) is 5. The largest absolute Gasteiger partial charge is 0.265 e. The van der Waals surface area contributed by atoms with Gasteiger partial charge in [0.2, 0.25) is 20.0 Å². The molecule has 1 aromatic rings. The summed E-state index contributed by atoms with van der Waals surface area (Å²) in [6.07, 6.45) is 5.60. The molecule has 0 amide bonds. The van der Waals surface area contributed by atoms with Gasteiger partial charge in [-0.15, -0.1) is 8.15 Å². The highest BCUT2D eigenvalue weighted by molar-refractivity contribution is 7.98. The fourth-order valence-corrected chi connectivity index (χ4v) is 10.2. The lowest BCUT2D eigenvalue weighted by molar-refractivity contribution is 0.280. The molecule has 1 N–H and O–H groups in total. The minimum atomic E-state index is -3.53. The summed E-state index contributed by atoms with van der Waals surface area (Å²) in [5.74, 6) is 0. The molecule has 140 valence electrons. The van der Waals surface area contributed by atoms with Crippen LogP contribution in [0.15, 0.2) is 30.3 Å². The van der Waals surface area contributed by atoms with Crippen molar-refractivity contribution >= 4 is 28.4 Å². The van der Waals surface area contributed by atoms with E-state index in [0.717, 1.165) is 18.4 Å². The Bertz CT molecular complexity index is 768. The van der Waals surface area contributed by atoms with E-state index in [1.807, 2.05) is 30.3 Å². The third-order valence-electron chi connectivity index (χ3n) is 4.58.